The molecule has 13 heteroatoms. The van der Waals surface area contributed by atoms with Crippen molar-refractivity contribution < 1.29 is 49.8 Å². The van der Waals surface area contributed by atoms with Crippen LogP contribution in [0.1, 0.15) is 45.4 Å². The highest BCUT2D eigenvalue weighted by Gasteiger charge is 2.30. The molecule has 0 amide bonds. The summed E-state index contributed by atoms with van der Waals surface area (Å²) in [7, 11) is 0. The van der Waals surface area contributed by atoms with Crippen molar-refractivity contribution in [3.63, 3.8) is 0 Å². The molecule has 0 saturated carbocycles. The van der Waals surface area contributed by atoms with E-state index in [1.165, 1.54) is 48.9 Å². The smallest absolute Gasteiger partial charge is 0.416 e. The summed E-state index contributed by atoms with van der Waals surface area (Å²) in [5.74, 6) is 0.167. The molecule has 2 aromatic heterocycles. The second kappa shape index (κ2) is 14.3. The van der Waals surface area contributed by atoms with Crippen LogP contribution in [0.3, 0.4) is 0 Å². The first-order valence-electron chi connectivity index (χ1n) is 12.9. The quantitative estimate of drug-likeness (QED) is 0.158. The third kappa shape index (κ3) is 9.94. The largest absolute Gasteiger partial charge is 0.445 e. The highest BCUT2D eigenvalue weighted by atomic mass is 19.4. The van der Waals surface area contributed by atoms with Gasteiger partial charge in [-0.2, -0.15) is 26.3 Å². The van der Waals surface area contributed by atoms with Gasteiger partial charge in [-0.1, -0.05) is 24.3 Å². The molecule has 0 unspecified atom stereocenters. The average Bonchev–Trinajstić information content (AvgIpc) is 3.63. The number of aliphatic hydroxyl groups is 1. The van der Waals surface area contributed by atoms with Crippen LogP contribution in [0.5, 0.6) is 0 Å². The first-order valence-corrected chi connectivity index (χ1v) is 12.9. The molecule has 0 saturated heterocycles. The number of aliphatic hydroxyl groups excluding tert-OH is 1. The van der Waals surface area contributed by atoms with Crippen molar-refractivity contribution in [1.82, 2.24) is 9.97 Å². The Morgan fingerprint density at radius 2 is 1.05 bits per heavy atom. The lowest BCUT2D eigenvalue weighted by Gasteiger charge is -2.13. The summed E-state index contributed by atoms with van der Waals surface area (Å²) in [6.07, 6.45) is 0.186. The summed E-state index contributed by atoms with van der Waals surface area (Å²) in [5.41, 5.74) is 0.610. The van der Waals surface area contributed by atoms with E-state index in [1.54, 1.807) is 12.2 Å². The molecule has 4 rings (SSSR count). The van der Waals surface area contributed by atoms with Crippen molar-refractivity contribution in [1.29, 1.82) is 0 Å². The van der Waals surface area contributed by atoms with Gasteiger partial charge in [0, 0.05) is 18.1 Å². The van der Waals surface area contributed by atoms with Crippen molar-refractivity contribution in [2.75, 3.05) is 19.8 Å². The van der Waals surface area contributed by atoms with E-state index in [1.807, 2.05) is 0 Å². The Hall–Kier alpha value is -4.20. The number of oxazole rings is 2. The van der Waals surface area contributed by atoms with Gasteiger partial charge in [-0.15, -0.1) is 0 Å². The Kier molecular flexibility index (Phi) is 10.6. The predicted octanol–water partition coefficient (Wildman–Crippen LogP) is 7.38. The minimum Gasteiger partial charge on any atom is -0.445 e. The van der Waals surface area contributed by atoms with Gasteiger partial charge < -0.3 is 23.4 Å². The van der Waals surface area contributed by atoms with Crippen molar-refractivity contribution in [3.8, 4) is 0 Å². The van der Waals surface area contributed by atoms with E-state index < -0.39 is 23.5 Å². The van der Waals surface area contributed by atoms with E-state index in [2.05, 4.69) is 9.97 Å². The first-order chi connectivity index (χ1) is 20.5. The van der Waals surface area contributed by atoms with Crippen LogP contribution in [0.4, 0.5) is 26.3 Å². The van der Waals surface area contributed by atoms with E-state index in [0.717, 1.165) is 24.3 Å². The standard InChI is InChI=1S/C30H26F6N2O5/c31-29(32,33)23-7-1-20(2-8-23)5-11-27-37-25(18-42-27)16-40-14-22(13-39)15-41-17-26-19-43-28(38-26)12-6-21-3-9-24(10-4-21)30(34,35)36/h1-12,18-19,22,39H,13-17H2/b11-5+,12-6+. The first kappa shape index (κ1) is 31.7. The van der Waals surface area contributed by atoms with Crippen LogP contribution >= 0.6 is 0 Å². The maximum absolute atomic E-state index is 12.7. The third-order valence-electron chi connectivity index (χ3n) is 5.92. The van der Waals surface area contributed by atoms with E-state index in [9.17, 15) is 31.4 Å². The number of rotatable bonds is 13. The van der Waals surface area contributed by atoms with Gasteiger partial charge in [0.25, 0.3) is 0 Å². The van der Waals surface area contributed by atoms with Crippen LogP contribution in [0.25, 0.3) is 24.3 Å². The highest BCUT2D eigenvalue weighted by molar-refractivity contribution is 5.66. The molecule has 0 aliphatic heterocycles. The van der Waals surface area contributed by atoms with E-state index in [-0.39, 0.29) is 50.7 Å². The molecule has 0 aliphatic rings. The topological polar surface area (TPSA) is 90.8 Å². The lowest BCUT2D eigenvalue weighted by atomic mass is 10.1. The maximum atomic E-state index is 12.7. The number of nitrogens with zero attached hydrogens (tertiary/aromatic N) is 2. The number of hydrogen-bond donors (Lipinski definition) is 1. The maximum Gasteiger partial charge on any atom is 0.416 e. The lowest BCUT2D eigenvalue weighted by molar-refractivity contribution is -0.138. The highest BCUT2D eigenvalue weighted by Crippen LogP contribution is 2.30. The molecule has 228 valence electrons. The molecule has 0 spiro atoms. The monoisotopic (exact) mass is 608 g/mol. The van der Waals surface area contributed by atoms with Gasteiger partial charge in [-0.05, 0) is 47.5 Å². The lowest BCUT2D eigenvalue weighted by Crippen LogP contribution is -2.20. The Labute approximate surface area is 242 Å². The van der Waals surface area contributed by atoms with Crippen LogP contribution in [0, 0.1) is 5.92 Å². The van der Waals surface area contributed by atoms with Gasteiger partial charge in [0.15, 0.2) is 0 Å². The van der Waals surface area contributed by atoms with Gasteiger partial charge in [-0.3, -0.25) is 0 Å². The number of alkyl halides is 6. The average molecular weight is 609 g/mol. The molecule has 0 bridgehead atoms. The fraction of sp³-hybridized carbons (Fsp3) is 0.267. The summed E-state index contributed by atoms with van der Waals surface area (Å²) < 4.78 is 97.9. The zero-order valence-corrected chi connectivity index (χ0v) is 22.4. The Bertz CT molecular complexity index is 1380. The fourth-order valence-corrected chi connectivity index (χ4v) is 3.65. The van der Waals surface area contributed by atoms with Crippen LogP contribution in [0.15, 0.2) is 69.9 Å². The fourth-order valence-electron chi connectivity index (χ4n) is 3.65. The van der Waals surface area contributed by atoms with E-state index in [4.69, 9.17) is 18.3 Å². The predicted molar refractivity (Wildman–Crippen MR) is 144 cm³/mol. The number of benzene rings is 2. The molecule has 1 N–H and O–H groups in total. The van der Waals surface area contributed by atoms with Gasteiger partial charge in [0.05, 0.1) is 44.2 Å². The Morgan fingerprint density at radius 1 is 0.651 bits per heavy atom. The van der Waals surface area contributed by atoms with E-state index in [0.29, 0.717) is 22.5 Å². The second-order valence-electron chi connectivity index (χ2n) is 9.34. The van der Waals surface area contributed by atoms with Crippen molar-refractivity contribution in [2.45, 2.75) is 25.6 Å². The molecule has 4 aromatic rings. The molecule has 43 heavy (non-hydrogen) atoms. The van der Waals surface area contributed by atoms with Gasteiger partial charge in [0.2, 0.25) is 11.8 Å². The SMILES string of the molecule is OCC(COCc1coc(/C=C/c2ccc(C(F)(F)F)cc2)n1)COCc1coc(/C=C/c2ccc(C(F)(F)F)cc2)n1. The van der Waals surface area contributed by atoms with Crippen molar-refractivity contribution in [2.24, 2.45) is 5.92 Å². The third-order valence-corrected chi connectivity index (χ3v) is 5.92. The molecular formula is C30H26F6N2O5. The Morgan fingerprint density at radius 3 is 1.40 bits per heavy atom. The molecule has 0 aliphatic carbocycles. The normalized spacial score (nSPS) is 12.7. The zero-order valence-electron chi connectivity index (χ0n) is 22.4. The molecule has 2 aromatic carbocycles. The van der Waals surface area contributed by atoms with E-state index >= 15 is 0 Å². The van der Waals surface area contributed by atoms with Crippen LogP contribution in [-0.2, 0) is 35.0 Å². The molecule has 0 atom stereocenters. The number of halogens is 6. The minimum atomic E-state index is -4.40. The molecular weight excluding hydrogens is 582 g/mol. The molecule has 0 radical (unpaired) electrons. The number of hydrogen-bond acceptors (Lipinski definition) is 7. The summed E-state index contributed by atoms with van der Waals surface area (Å²) in [5, 5.41) is 9.64. The van der Waals surface area contributed by atoms with Gasteiger partial charge >= 0.3 is 12.4 Å². The summed E-state index contributed by atoms with van der Waals surface area (Å²) in [6, 6.07) is 9.34. The van der Waals surface area contributed by atoms with Gasteiger partial charge in [-0.25, -0.2) is 9.97 Å². The van der Waals surface area contributed by atoms with Gasteiger partial charge in [0.1, 0.15) is 23.9 Å². The van der Waals surface area contributed by atoms with Crippen LogP contribution < -0.4 is 0 Å². The Balaban J connectivity index is 1.16. The molecule has 2 heterocycles. The number of aromatic nitrogens is 2. The van der Waals surface area contributed by atoms with Crippen LogP contribution in [0.2, 0.25) is 0 Å². The van der Waals surface area contributed by atoms with Crippen LogP contribution in [-0.4, -0.2) is 34.9 Å². The van der Waals surface area contributed by atoms with Crippen molar-refractivity contribution in [3.05, 3.63) is 106 Å². The minimum absolute atomic E-state index is 0.103. The molecule has 7 nitrogen and oxygen atoms in total. The summed E-state index contributed by atoms with van der Waals surface area (Å²) >= 11 is 0. The van der Waals surface area contributed by atoms with Crippen molar-refractivity contribution >= 4 is 24.3 Å². The second-order valence-corrected chi connectivity index (χ2v) is 9.34. The number of ether oxygens (including phenoxy) is 2. The summed E-state index contributed by atoms with van der Waals surface area (Å²) in [6.45, 7) is 0.345. The summed E-state index contributed by atoms with van der Waals surface area (Å²) in [4.78, 5) is 8.47. The zero-order chi connectivity index (χ0) is 30.9. The molecule has 0 fully saturated rings.